The SMILES string of the molecule is CCC1CNCCN1CC1C2CC3CC(C2)CC1C3. The summed E-state index contributed by atoms with van der Waals surface area (Å²) in [5.74, 6) is 5.51. The molecule has 0 spiro atoms. The lowest BCUT2D eigenvalue weighted by Crippen LogP contribution is -2.56. The molecule has 4 bridgehead atoms. The quantitative estimate of drug-likeness (QED) is 0.841. The molecule has 1 heterocycles. The summed E-state index contributed by atoms with van der Waals surface area (Å²) in [6.07, 6.45) is 9.24. The summed E-state index contributed by atoms with van der Waals surface area (Å²) < 4.78 is 0. The summed E-state index contributed by atoms with van der Waals surface area (Å²) in [5.41, 5.74) is 0. The lowest BCUT2D eigenvalue weighted by atomic mass is 9.52. The van der Waals surface area contributed by atoms with Gasteiger partial charge in [-0.15, -0.1) is 0 Å². The number of nitrogens with one attached hydrogen (secondary N) is 1. The monoisotopic (exact) mass is 262 g/mol. The van der Waals surface area contributed by atoms with Crippen molar-refractivity contribution in [3.63, 3.8) is 0 Å². The van der Waals surface area contributed by atoms with Gasteiger partial charge in [-0.25, -0.2) is 0 Å². The molecule has 0 aromatic rings. The van der Waals surface area contributed by atoms with E-state index in [4.69, 9.17) is 0 Å². The molecule has 19 heavy (non-hydrogen) atoms. The van der Waals surface area contributed by atoms with Gasteiger partial charge in [0, 0.05) is 32.2 Å². The second-order valence-electron chi connectivity index (χ2n) is 7.86. The van der Waals surface area contributed by atoms with Crippen molar-refractivity contribution in [1.82, 2.24) is 10.2 Å². The third-order valence-corrected chi connectivity index (χ3v) is 6.81. The number of hydrogen-bond acceptors (Lipinski definition) is 2. The van der Waals surface area contributed by atoms with Crippen LogP contribution in [0.4, 0.5) is 0 Å². The summed E-state index contributed by atoms with van der Waals surface area (Å²) >= 11 is 0. The Morgan fingerprint density at radius 3 is 2.32 bits per heavy atom. The van der Waals surface area contributed by atoms with Crippen LogP contribution in [0.25, 0.3) is 0 Å². The Hall–Kier alpha value is -0.0800. The molecule has 5 fully saturated rings. The van der Waals surface area contributed by atoms with Crippen LogP contribution in [-0.4, -0.2) is 37.1 Å². The smallest absolute Gasteiger partial charge is 0.0218 e. The molecule has 0 radical (unpaired) electrons. The molecule has 1 aliphatic heterocycles. The van der Waals surface area contributed by atoms with Crippen molar-refractivity contribution in [2.45, 2.75) is 51.5 Å². The largest absolute Gasteiger partial charge is 0.314 e. The highest BCUT2D eigenvalue weighted by Gasteiger charge is 2.48. The molecule has 1 saturated heterocycles. The minimum atomic E-state index is 0.811. The molecule has 4 aliphatic carbocycles. The van der Waals surface area contributed by atoms with Gasteiger partial charge in [0.1, 0.15) is 0 Å². The van der Waals surface area contributed by atoms with E-state index < -0.39 is 0 Å². The van der Waals surface area contributed by atoms with E-state index >= 15 is 0 Å². The predicted octanol–water partition coefficient (Wildman–Crippen LogP) is 2.74. The Labute approximate surface area is 118 Å². The Kier molecular flexibility index (Phi) is 3.35. The van der Waals surface area contributed by atoms with Crippen molar-refractivity contribution >= 4 is 0 Å². The van der Waals surface area contributed by atoms with Crippen molar-refractivity contribution in [1.29, 1.82) is 0 Å². The van der Waals surface area contributed by atoms with E-state index in [1.807, 2.05) is 0 Å². The maximum Gasteiger partial charge on any atom is 0.0218 e. The van der Waals surface area contributed by atoms with Crippen LogP contribution in [0.5, 0.6) is 0 Å². The van der Waals surface area contributed by atoms with Crippen molar-refractivity contribution in [2.24, 2.45) is 29.6 Å². The summed E-state index contributed by atoms with van der Waals surface area (Å²) in [4.78, 5) is 2.84. The van der Waals surface area contributed by atoms with Gasteiger partial charge in [-0.1, -0.05) is 6.92 Å². The Balaban J connectivity index is 1.44. The van der Waals surface area contributed by atoms with E-state index in [1.165, 1.54) is 32.6 Å². The molecular formula is C17H30N2. The molecule has 0 aromatic heterocycles. The topological polar surface area (TPSA) is 15.3 Å². The maximum atomic E-state index is 3.58. The predicted molar refractivity (Wildman–Crippen MR) is 79.1 cm³/mol. The molecule has 1 N–H and O–H groups in total. The molecule has 4 saturated carbocycles. The van der Waals surface area contributed by atoms with Gasteiger partial charge in [0.15, 0.2) is 0 Å². The van der Waals surface area contributed by atoms with Gasteiger partial charge in [0.25, 0.3) is 0 Å². The van der Waals surface area contributed by atoms with Crippen molar-refractivity contribution in [2.75, 3.05) is 26.2 Å². The first-order valence-electron chi connectivity index (χ1n) is 8.78. The summed E-state index contributed by atoms with van der Waals surface area (Å²) in [6.45, 7) is 7.52. The zero-order valence-electron chi connectivity index (χ0n) is 12.5. The normalized spacial score (nSPS) is 49.7. The lowest BCUT2D eigenvalue weighted by Gasteiger charge is -2.56. The molecule has 0 amide bonds. The Morgan fingerprint density at radius 1 is 1.00 bits per heavy atom. The molecule has 5 rings (SSSR count). The van der Waals surface area contributed by atoms with Crippen LogP contribution in [0.1, 0.15) is 45.4 Å². The highest BCUT2D eigenvalue weighted by Crippen LogP contribution is 2.56. The highest BCUT2D eigenvalue weighted by molar-refractivity contribution is 4.99. The fourth-order valence-corrected chi connectivity index (χ4v) is 6.05. The first-order chi connectivity index (χ1) is 9.33. The van der Waals surface area contributed by atoms with E-state index in [0.29, 0.717) is 0 Å². The van der Waals surface area contributed by atoms with E-state index in [1.54, 1.807) is 32.1 Å². The molecule has 2 heteroatoms. The van der Waals surface area contributed by atoms with Crippen LogP contribution in [0.15, 0.2) is 0 Å². The van der Waals surface area contributed by atoms with Gasteiger partial charge < -0.3 is 5.32 Å². The zero-order chi connectivity index (χ0) is 12.8. The van der Waals surface area contributed by atoms with Gasteiger partial charge in [-0.05, 0) is 68.1 Å². The van der Waals surface area contributed by atoms with Crippen molar-refractivity contribution in [3.05, 3.63) is 0 Å². The van der Waals surface area contributed by atoms with Gasteiger partial charge in [-0.2, -0.15) is 0 Å². The molecular weight excluding hydrogens is 232 g/mol. The Morgan fingerprint density at radius 2 is 1.68 bits per heavy atom. The van der Waals surface area contributed by atoms with E-state index in [0.717, 1.165) is 35.6 Å². The molecule has 0 aromatic carbocycles. The third-order valence-electron chi connectivity index (χ3n) is 6.81. The fourth-order valence-electron chi connectivity index (χ4n) is 6.05. The number of hydrogen-bond donors (Lipinski definition) is 1. The van der Waals surface area contributed by atoms with Crippen molar-refractivity contribution in [3.8, 4) is 0 Å². The highest BCUT2D eigenvalue weighted by atomic mass is 15.2. The first-order valence-corrected chi connectivity index (χ1v) is 8.78. The maximum absolute atomic E-state index is 3.58. The molecule has 1 unspecified atom stereocenters. The second-order valence-corrected chi connectivity index (χ2v) is 7.86. The number of rotatable bonds is 3. The third kappa shape index (κ3) is 2.25. The van der Waals surface area contributed by atoms with Crippen LogP contribution in [-0.2, 0) is 0 Å². The van der Waals surface area contributed by atoms with Crippen molar-refractivity contribution < 1.29 is 0 Å². The summed E-state index contributed by atoms with van der Waals surface area (Å²) in [7, 11) is 0. The van der Waals surface area contributed by atoms with Gasteiger partial charge >= 0.3 is 0 Å². The van der Waals surface area contributed by atoms with Gasteiger partial charge in [-0.3, -0.25) is 4.90 Å². The zero-order valence-corrected chi connectivity index (χ0v) is 12.5. The molecule has 108 valence electrons. The summed E-state index contributed by atoms with van der Waals surface area (Å²) in [6, 6.07) is 0.811. The number of nitrogens with zero attached hydrogens (tertiary/aromatic N) is 1. The van der Waals surface area contributed by atoms with Crippen LogP contribution in [0.3, 0.4) is 0 Å². The van der Waals surface area contributed by atoms with Crippen LogP contribution in [0, 0.1) is 29.6 Å². The fraction of sp³-hybridized carbons (Fsp3) is 1.00. The molecule has 5 aliphatic rings. The van der Waals surface area contributed by atoms with E-state index in [2.05, 4.69) is 17.1 Å². The average Bonchev–Trinajstić information content (AvgIpc) is 2.42. The molecule has 1 atom stereocenters. The van der Waals surface area contributed by atoms with E-state index in [9.17, 15) is 0 Å². The summed E-state index contributed by atoms with van der Waals surface area (Å²) in [5, 5.41) is 3.58. The van der Waals surface area contributed by atoms with Gasteiger partial charge in [0.2, 0.25) is 0 Å². The second kappa shape index (κ2) is 5.04. The lowest BCUT2D eigenvalue weighted by molar-refractivity contribution is -0.0554. The number of piperazine rings is 1. The van der Waals surface area contributed by atoms with Crippen LogP contribution in [0.2, 0.25) is 0 Å². The minimum absolute atomic E-state index is 0.811. The molecule has 2 nitrogen and oxygen atoms in total. The standard InChI is InChI=1S/C17H30N2/c1-2-16-10-18-3-4-19(16)11-17-14-6-12-5-13(8-14)9-15(17)7-12/h12-18H,2-11H2,1H3. The average molecular weight is 262 g/mol. The van der Waals surface area contributed by atoms with Gasteiger partial charge in [0.05, 0.1) is 0 Å². The van der Waals surface area contributed by atoms with Crippen LogP contribution < -0.4 is 5.32 Å². The minimum Gasteiger partial charge on any atom is -0.314 e. The Bertz CT molecular complexity index is 299. The van der Waals surface area contributed by atoms with Crippen LogP contribution >= 0.6 is 0 Å². The van der Waals surface area contributed by atoms with E-state index in [-0.39, 0.29) is 0 Å². The first kappa shape index (κ1) is 12.6.